The number of benzene rings is 2. The monoisotopic (exact) mass is 644 g/mol. The number of anilines is 2. The molecule has 1 aliphatic carbocycles. The molecular formula is C30H36N4O8S2. The van der Waals surface area contributed by atoms with Crippen molar-refractivity contribution >= 4 is 54.7 Å². The third kappa shape index (κ3) is 5.61. The van der Waals surface area contributed by atoms with Crippen molar-refractivity contribution in [2.45, 2.75) is 55.9 Å². The number of nitrogens with one attached hydrogen (secondary N) is 2. The van der Waals surface area contributed by atoms with E-state index in [4.69, 9.17) is 4.74 Å². The van der Waals surface area contributed by atoms with Gasteiger partial charge in [-0.05, 0) is 55.4 Å². The lowest BCUT2D eigenvalue weighted by atomic mass is 9.64. The third-order valence-corrected chi connectivity index (χ3v) is 10.1. The van der Waals surface area contributed by atoms with Crippen molar-refractivity contribution in [2.24, 2.45) is 10.3 Å². The number of carbonyl (C=O) groups is 2. The molecule has 5 rings (SSSR count). The number of ketones is 1. The maximum absolute atomic E-state index is 14.8. The summed E-state index contributed by atoms with van der Waals surface area (Å²) in [5, 5.41) is 14.4. The number of hydrogen-bond acceptors (Lipinski definition) is 9. The SMILES string of the molecule is COC[C@@H]1CCCN1C(=O)[C@@]1(CCC(C)C)C(=O)C(C2=NS(=O)(=O)c3cc(NS(C)(=O)=O)ccc3N2)=C(O)c2ccccc21. The molecule has 44 heavy (non-hydrogen) atoms. The van der Waals surface area contributed by atoms with Crippen LogP contribution in [0.3, 0.4) is 0 Å². The van der Waals surface area contributed by atoms with Crippen molar-refractivity contribution in [3.63, 3.8) is 0 Å². The Hall–Kier alpha value is -3.75. The molecule has 14 heteroatoms. The fourth-order valence-corrected chi connectivity index (χ4v) is 7.89. The van der Waals surface area contributed by atoms with Gasteiger partial charge in [0.05, 0.1) is 24.6 Å². The lowest BCUT2D eigenvalue weighted by Gasteiger charge is -2.41. The zero-order valence-electron chi connectivity index (χ0n) is 25.0. The van der Waals surface area contributed by atoms with Gasteiger partial charge in [0.1, 0.15) is 21.6 Å². The summed E-state index contributed by atoms with van der Waals surface area (Å²) in [5.74, 6) is -1.95. The molecule has 0 unspecified atom stereocenters. The summed E-state index contributed by atoms with van der Waals surface area (Å²) < 4.78 is 61.8. The van der Waals surface area contributed by atoms with Gasteiger partial charge >= 0.3 is 0 Å². The predicted octanol–water partition coefficient (Wildman–Crippen LogP) is 3.43. The van der Waals surface area contributed by atoms with E-state index < -0.39 is 54.3 Å². The summed E-state index contributed by atoms with van der Waals surface area (Å²) in [6, 6.07) is 10.2. The van der Waals surface area contributed by atoms with Gasteiger partial charge in [-0.1, -0.05) is 38.1 Å². The second kappa shape index (κ2) is 11.6. The molecule has 0 radical (unpaired) electrons. The highest BCUT2D eigenvalue weighted by atomic mass is 32.2. The number of ether oxygens (including phenoxy) is 1. The summed E-state index contributed by atoms with van der Waals surface area (Å²) in [6.45, 7) is 4.70. The molecule has 2 heterocycles. The largest absolute Gasteiger partial charge is 0.506 e. The van der Waals surface area contributed by atoms with Crippen LogP contribution >= 0.6 is 0 Å². The first-order valence-corrected chi connectivity index (χ1v) is 17.6. The van der Waals surface area contributed by atoms with E-state index in [0.717, 1.165) is 18.7 Å². The zero-order chi connectivity index (χ0) is 32.0. The van der Waals surface area contributed by atoms with Crippen LogP contribution in [0, 0.1) is 5.92 Å². The summed E-state index contributed by atoms with van der Waals surface area (Å²) >= 11 is 0. The first-order valence-electron chi connectivity index (χ1n) is 14.3. The molecule has 1 amide bonds. The maximum atomic E-state index is 14.8. The van der Waals surface area contributed by atoms with Gasteiger partial charge < -0.3 is 20.1 Å². The molecule has 2 aromatic rings. The number of hydrogen-bond donors (Lipinski definition) is 3. The Labute approximate surface area is 257 Å². The number of nitrogens with zero attached hydrogens (tertiary/aromatic N) is 2. The number of likely N-dealkylation sites (tertiary alicyclic amines) is 1. The summed E-state index contributed by atoms with van der Waals surface area (Å²) in [6.07, 6.45) is 3.01. The van der Waals surface area contributed by atoms with E-state index in [-0.39, 0.29) is 40.2 Å². The molecule has 12 nitrogen and oxygen atoms in total. The van der Waals surface area contributed by atoms with Crippen LogP contribution in [0.15, 0.2) is 57.3 Å². The minimum atomic E-state index is -4.48. The van der Waals surface area contributed by atoms with Crippen LogP contribution < -0.4 is 10.0 Å². The maximum Gasteiger partial charge on any atom is 0.286 e. The predicted molar refractivity (Wildman–Crippen MR) is 167 cm³/mol. The van der Waals surface area contributed by atoms with Crippen molar-refractivity contribution in [1.29, 1.82) is 0 Å². The van der Waals surface area contributed by atoms with Gasteiger partial charge in [-0.15, -0.1) is 4.40 Å². The summed E-state index contributed by atoms with van der Waals surface area (Å²) in [5.41, 5.74) is -1.53. The topological polar surface area (TPSA) is 172 Å². The van der Waals surface area contributed by atoms with Gasteiger partial charge in [0.2, 0.25) is 15.9 Å². The second-order valence-corrected chi connectivity index (χ2v) is 15.1. The van der Waals surface area contributed by atoms with E-state index in [1.54, 1.807) is 36.3 Å². The van der Waals surface area contributed by atoms with Gasteiger partial charge in [-0.25, -0.2) is 8.42 Å². The van der Waals surface area contributed by atoms with Crippen LogP contribution in [0.25, 0.3) is 5.76 Å². The molecule has 2 aliphatic heterocycles. The highest BCUT2D eigenvalue weighted by Crippen LogP contribution is 2.46. The smallest absolute Gasteiger partial charge is 0.286 e. The molecule has 3 N–H and O–H groups in total. The van der Waals surface area contributed by atoms with Crippen LogP contribution in [-0.4, -0.2) is 76.9 Å². The van der Waals surface area contributed by atoms with E-state index in [2.05, 4.69) is 14.4 Å². The Bertz CT molecular complexity index is 1800. The summed E-state index contributed by atoms with van der Waals surface area (Å²) in [4.78, 5) is 30.9. The van der Waals surface area contributed by atoms with Crippen LogP contribution in [0.1, 0.15) is 50.7 Å². The number of Topliss-reactive ketones (excluding diaryl/α,β-unsaturated/α-hetero) is 1. The average Bonchev–Trinajstić information content (AvgIpc) is 3.40. The van der Waals surface area contributed by atoms with Gasteiger partial charge in [0.15, 0.2) is 11.6 Å². The number of aliphatic hydroxyl groups excluding tert-OH is 1. The molecule has 2 aromatic carbocycles. The van der Waals surface area contributed by atoms with E-state index in [9.17, 15) is 31.5 Å². The van der Waals surface area contributed by atoms with Crippen LogP contribution in [-0.2, 0) is 39.8 Å². The van der Waals surface area contributed by atoms with Gasteiger partial charge in [-0.2, -0.15) is 8.42 Å². The number of methoxy groups -OCH3 is 1. The van der Waals surface area contributed by atoms with E-state index in [1.165, 1.54) is 12.1 Å². The van der Waals surface area contributed by atoms with Gasteiger partial charge in [0.25, 0.3) is 10.0 Å². The first kappa shape index (κ1) is 31.7. The molecular weight excluding hydrogens is 608 g/mol. The minimum absolute atomic E-state index is 0.00883. The Kier molecular flexibility index (Phi) is 8.37. The van der Waals surface area contributed by atoms with E-state index in [1.807, 2.05) is 13.8 Å². The number of fused-ring (bicyclic) bond motifs is 2. The fourth-order valence-electron chi connectivity index (χ4n) is 6.19. The number of amides is 1. The third-order valence-electron chi connectivity index (χ3n) is 8.22. The number of sulfonamides is 2. The van der Waals surface area contributed by atoms with Crippen LogP contribution in [0.5, 0.6) is 0 Å². The van der Waals surface area contributed by atoms with E-state index >= 15 is 0 Å². The van der Waals surface area contributed by atoms with Crippen LogP contribution in [0.4, 0.5) is 11.4 Å². The normalized spacial score (nSPS) is 22.8. The van der Waals surface area contributed by atoms with Gasteiger partial charge in [0, 0.05) is 24.9 Å². The molecule has 2 atom stereocenters. The number of aliphatic hydroxyl groups is 1. The molecule has 3 aliphatic rings. The van der Waals surface area contributed by atoms with Gasteiger partial charge in [-0.3, -0.25) is 14.3 Å². The minimum Gasteiger partial charge on any atom is -0.506 e. The van der Waals surface area contributed by atoms with Crippen LogP contribution in [0.2, 0.25) is 0 Å². The highest BCUT2D eigenvalue weighted by molar-refractivity contribution is 7.92. The Morgan fingerprint density at radius 1 is 1.25 bits per heavy atom. The van der Waals surface area contributed by atoms with Crippen molar-refractivity contribution < 1.29 is 36.3 Å². The Balaban J connectivity index is 1.68. The molecule has 1 saturated heterocycles. The second-order valence-electron chi connectivity index (χ2n) is 11.8. The lowest BCUT2D eigenvalue weighted by Crippen LogP contribution is -2.57. The Morgan fingerprint density at radius 3 is 2.66 bits per heavy atom. The molecule has 1 fully saturated rings. The van der Waals surface area contributed by atoms with Crippen molar-refractivity contribution in [3.05, 3.63) is 59.2 Å². The average molecular weight is 645 g/mol. The molecule has 0 saturated carbocycles. The highest BCUT2D eigenvalue weighted by Gasteiger charge is 2.56. The molecule has 0 spiro atoms. The number of amidine groups is 1. The standard InChI is InChI=1S/C30H36N4O8S2/c1-18(2)13-14-30(29(37)34-15-7-8-20(34)17-42-3)22-10-6-5-9-21(22)26(35)25(27(30)36)28-31-23-12-11-19(32-43(4,38)39)16-24(23)44(40,41)33-28/h5-6,9-12,16,18,20,32,35H,7-8,13-15,17H2,1-4H3,(H,31,33)/t20-,30+/m0/s1. The molecule has 0 bridgehead atoms. The quantitative estimate of drug-likeness (QED) is 0.346. The summed E-state index contributed by atoms with van der Waals surface area (Å²) in [7, 11) is -6.61. The van der Waals surface area contributed by atoms with Crippen molar-refractivity contribution in [1.82, 2.24) is 4.90 Å². The van der Waals surface area contributed by atoms with Crippen molar-refractivity contribution in [2.75, 3.05) is 36.6 Å². The Morgan fingerprint density at radius 2 is 1.98 bits per heavy atom. The lowest BCUT2D eigenvalue weighted by molar-refractivity contribution is -0.144. The van der Waals surface area contributed by atoms with Crippen molar-refractivity contribution in [3.8, 4) is 0 Å². The van der Waals surface area contributed by atoms with E-state index in [0.29, 0.717) is 31.6 Å². The molecule has 236 valence electrons. The first-order chi connectivity index (χ1) is 20.7. The zero-order valence-corrected chi connectivity index (χ0v) is 26.6. The fraction of sp³-hybridized carbons (Fsp3) is 0.433. The number of carbonyl (C=O) groups excluding carboxylic acids is 2. The number of rotatable bonds is 9. The molecule has 0 aromatic heterocycles.